The fourth-order valence-corrected chi connectivity index (χ4v) is 2.29. The van der Waals surface area contributed by atoms with E-state index in [0.29, 0.717) is 10.7 Å². The third-order valence-corrected chi connectivity index (χ3v) is 3.51. The minimum atomic E-state index is 0.220. The first-order chi connectivity index (χ1) is 8.51. The Kier molecular flexibility index (Phi) is 3.39. The maximum atomic E-state index is 11.2. The molecule has 0 saturated heterocycles. The van der Waals surface area contributed by atoms with Crippen molar-refractivity contribution in [3.05, 3.63) is 22.2 Å². The van der Waals surface area contributed by atoms with E-state index in [0.717, 1.165) is 35.3 Å². The molecule has 0 aliphatic carbocycles. The number of aromatic nitrogens is 3. The first-order valence-corrected chi connectivity index (χ1v) is 6.38. The number of carbonyl (C=O) groups is 1. The summed E-state index contributed by atoms with van der Waals surface area (Å²) in [6.07, 6.45) is 1.54. The fourth-order valence-electron chi connectivity index (χ4n) is 2.07. The van der Waals surface area contributed by atoms with Gasteiger partial charge >= 0.3 is 0 Å². The summed E-state index contributed by atoms with van der Waals surface area (Å²) in [6.45, 7) is 6.11. The van der Waals surface area contributed by atoms with E-state index in [2.05, 4.69) is 23.8 Å². The van der Waals surface area contributed by atoms with E-state index < -0.39 is 0 Å². The van der Waals surface area contributed by atoms with Gasteiger partial charge in [-0.15, -0.1) is 0 Å². The Bertz CT molecular complexity index is 616. The lowest BCUT2D eigenvalue weighted by atomic mass is 10.0. The van der Waals surface area contributed by atoms with Gasteiger partial charge in [0.25, 0.3) is 0 Å². The molecule has 0 spiro atoms. The molecule has 5 heteroatoms. The van der Waals surface area contributed by atoms with Crippen molar-refractivity contribution in [2.45, 2.75) is 33.1 Å². The van der Waals surface area contributed by atoms with Gasteiger partial charge in [-0.25, -0.2) is 9.97 Å². The lowest BCUT2D eigenvalue weighted by molar-refractivity contribution is 0.112. The number of nitrogens with zero attached hydrogens (tertiary/aromatic N) is 3. The number of carbonyl (C=O) groups excluding carboxylic acids is 1. The zero-order valence-electron chi connectivity index (χ0n) is 11.0. The Morgan fingerprint density at radius 1 is 1.39 bits per heavy atom. The van der Waals surface area contributed by atoms with Crippen LogP contribution in [0.2, 0.25) is 5.15 Å². The molecule has 0 N–H and O–H groups in total. The lowest BCUT2D eigenvalue weighted by Crippen LogP contribution is -2.03. The van der Waals surface area contributed by atoms with Crippen LogP contribution in [0.25, 0.3) is 11.0 Å². The summed E-state index contributed by atoms with van der Waals surface area (Å²) in [4.78, 5) is 20.2. The van der Waals surface area contributed by atoms with Gasteiger partial charge in [0.1, 0.15) is 16.6 Å². The first kappa shape index (κ1) is 13.0. The van der Waals surface area contributed by atoms with E-state index in [1.165, 1.54) is 0 Å². The van der Waals surface area contributed by atoms with Crippen LogP contribution < -0.4 is 0 Å². The molecule has 2 aromatic heterocycles. The summed E-state index contributed by atoms with van der Waals surface area (Å²) in [5.41, 5.74) is 2.11. The Morgan fingerprint density at radius 3 is 2.56 bits per heavy atom. The third kappa shape index (κ3) is 1.81. The largest absolute Gasteiger partial charge is 0.319 e. The number of hydrogen-bond acceptors (Lipinski definition) is 3. The van der Waals surface area contributed by atoms with Crippen molar-refractivity contribution in [1.29, 1.82) is 0 Å². The molecule has 0 fully saturated rings. The normalized spacial score (nSPS) is 11.4. The molecule has 0 aliphatic rings. The quantitative estimate of drug-likeness (QED) is 0.801. The van der Waals surface area contributed by atoms with Gasteiger partial charge in [0.15, 0.2) is 6.29 Å². The molecule has 2 rings (SSSR count). The topological polar surface area (TPSA) is 47.8 Å². The average Bonchev–Trinajstić information content (AvgIpc) is 2.60. The van der Waals surface area contributed by atoms with Crippen molar-refractivity contribution in [3.63, 3.8) is 0 Å². The Hall–Kier alpha value is -1.42. The highest BCUT2D eigenvalue weighted by molar-refractivity contribution is 6.34. The van der Waals surface area contributed by atoms with Crippen molar-refractivity contribution >= 4 is 28.9 Å². The Morgan fingerprint density at radius 2 is 2.06 bits per heavy atom. The number of hydrogen-bond donors (Lipinski definition) is 0. The molecule has 18 heavy (non-hydrogen) atoms. The van der Waals surface area contributed by atoms with Gasteiger partial charge in [-0.3, -0.25) is 4.79 Å². The zero-order valence-corrected chi connectivity index (χ0v) is 11.7. The van der Waals surface area contributed by atoms with Crippen LogP contribution in [0.4, 0.5) is 0 Å². The van der Waals surface area contributed by atoms with Crippen LogP contribution in [0.15, 0.2) is 0 Å². The molecule has 2 aromatic rings. The molecule has 0 amide bonds. The third-order valence-electron chi connectivity index (χ3n) is 3.05. The second-order valence-corrected chi connectivity index (χ2v) is 4.97. The minimum absolute atomic E-state index is 0.220. The van der Waals surface area contributed by atoms with E-state index >= 15 is 0 Å². The van der Waals surface area contributed by atoms with E-state index in [9.17, 15) is 4.79 Å². The van der Waals surface area contributed by atoms with Gasteiger partial charge in [0.2, 0.25) is 0 Å². The lowest BCUT2D eigenvalue weighted by Gasteiger charge is -2.09. The summed E-state index contributed by atoms with van der Waals surface area (Å²) in [7, 11) is 1.81. The highest BCUT2D eigenvalue weighted by Gasteiger charge is 2.20. The second kappa shape index (κ2) is 4.69. The number of rotatable bonds is 3. The molecule has 0 aromatic carbocycles. The first-order valence-electron chi connectivity index (χ1n) is 6.01. The summed E-state index contributed by atoms with van der Waals surface area (Å²) in [5, 5.41) is 1.20. The molecular weight excluding hydrogens is 250 g/mol. The molecule has 96 valence electrons. The predicted octanol–water partition coefficient (Wildman–Crippen LogP) is 3.12. The molecule has 0 bridgehead atoms. The van der Waals surface area contributed by atoms with Crippen LogP contribution in [0.1, 0.15) is 48.6 Å². The van der Waals surface area contributed by atoms with Gasteiger partial charge in [-0.2, -0.15) is 0 Å². The standard InChI is InChI=1S/C13H16ClN3O/c1-5-9-15-11(7(2)3)10-8(6-18)12(14)17(4)13(10)16-9/h6-7H,5H2,1-4H3. The van der Waals surface area contributed by atoms with Crippen molar-refractivity contribution in [2.75, 3.05) is 0 Å². The number of aldehydes is 1. The van der Waals surface area contributed by atoms with Crippen LogP contribution in [-0.4, -0.2) is 20.8 Å². The smallest absolute Gasteiger partial charge is 0.153 e. The monoisotopic (exact) mass is 265 g/mol. The van der Waals surface area contributed by atoms with E-state index in [-0.39, 0.29) is 5.92 Å². The van der Waals surface area contributed by atoms with Gasteiger partial charge in [0.05, 0.1) is 16.6 Å². The van der Waals surface area contributed by atoms with Crippen LogP contribution in [-0.2, 0) is 13.5 Å². The van der Waals surface area contributed by atoms with E-state index in [1.807, 2.05) is 14.0 Å². The SMILES string of the molecule is CCc1nc(C(C)C)c2c(C=O)c(Cl)n(C)c2n1. The Balaban J connectivity index is 2.96. The molecule has 4 nitrogen and oxygen atoms in total. The van der Waals surface area contributed by atoms with Gasteiger partial charge in [0, 0.05) is 13.5 Å². The van der Waals surface area contributed by atoms with Crippen LogP contribution in [0, 0.1) is 0 Å². The molecule has 0 saturated carbocycles. The molecule has 0 aliphatic heterocycles. The van der Waals surface area contributed by atoms with Gasteiger partial charge < -0.3 is 4.57 Å². The van der Waals surface area contributed by atoms with Crippen LogP contribution >= 0.6 is 11.6 Å². The number of aryl methyl sites for hydroxylation is 2. The Labute approximate surface area is 111 Å². The minimum Gasteiger partial charge on any atom is -0.319 e. The highest BCUT2D eigenvalue weighted by atomic mass is 35.5. The average molecular weight is 266 g/mol. The fraction of sp³-hybridized carbons (Fsp3) is 0.462. The summed E-state index contributed by atoms with van der Waals surface area (Å²) in [6, 6.07) is 0. The highest BCUT2D eigenvalue weighted by Crippen LogP contribution is 2.31. The number of fused-ring (bicyclic) bond motifs is 1. The van der Waals surface area contributed by atoms with Crippen LogP contribution in [0.3, 0.4) is 0 Å². The van der Waals surface area contributed by atoms with Crippen molar-refractivity contribution in [1.82, 2.24) is 14.5 Å². The van der Waals surface area contributed by atoms with Crippen molar-refractivity contribution in [3.8, 4) is 0 Å². The maximum absolute atomic E-state index is 11.2. The van der Waals surface area contributed by atoms with E-state index in [4.69, 9.17) is 11.6 Å². The molecular formula is C13H16ClN3O. The second-order valence-electron chi connectivity index (χ2n) is 4.61. The van der Waals surface area contributed by atoms with Gasteiger partial charge in [-0.1, -0.05) is 32.4 Å². The van der Waals surface area contributed by atoms with Crippen LogP contribution in [0.5, 0.6) is 0 Å². The van der Waals surface area contributed by atoms with Crippen molar-refractivity contribution < 1.29 is 4.79 Å². The molecule has 2 heterocycles. The maximum Gasteiger partial charge on any atom is 0.153 e. The molecule has 0 atom stereocenters. The zero-order chi connectivity index (χ0) is 13.4. The number of halogens is 1. The summed E-state index contributed by atoms with van der Waals surface area (Å²) < 4.78 is 1.74. The van der Waals surface area contributed by atoms with E-state index in [1.54, 1.807) is 4.57 Å². The molecule has 0 unspecified atom stereocenters. The molecule has 0 radical (unpaired) electrons. The van der Waals surface area contributed by atoms with Crippen molar-refractivity contribution in [2.24, 2.45) is 7.05 Å². The predicted molar refractivity (Wildman–Crippen MR) is 72.4 cm³/mol. The summed E-state index contributed by atoms with van der Waals surface area (Å²) in [5.74, 6) is 0.999. The summed E-state index contributed by atoms with van der Waals surface area (Å²) >= 11 is 6.17. The van der Waals surface area contributed by atoms with Gasteiger partial charge in [-0.05, 0) is 5.92 Å².